The Morgan fingerprint density at radius 1 is 0.900 bits per heavy atom. The molecular weight excluding hydrogens is 254 g/mol. The van der Waals surface area contributed by atoms with E-state index < -0.39 is 0 Å². The topological polar surface area (TPSA) is 71.9 Å². The minimum Gasteiger partial charge on any atom is -0.305 e. The molecule has 2 aromatic rings. The third-order valence-corrected chi connectivity index (χ3v) is 3.47. The molecule has 0 bridgehead atoms. The molecule has 0 aliphatic heterocycles. The molecule has 102 valence electrons. The lowest BCUT2D eigenvalue weighted by Crippen LogP contribution is -2.36. The van der Waals surface area contributed by atoms with Gasteiger partial charge in [-0.25, -0.2) is 9.97 Å². The maximum absolute atomic E-state index is 11.4. The second kappa shape index (κ2) is 5.73. The Bertz CT molecular complexity index is 525. The van der Waals surface area contributed by atoms with Crippen LogP contribution in [-0.2, 0) is 4.79 Å². The van der Waals surface area contributed by atoms with E-state index in [1.165, 1.54) is 0 Å². The molecule has 20 heavy (non-hydrogen) atoms. The molecule has 6 nitrogen and oxygen atoms in total. The Morgan fingerprint density at radius 2 is 1.45 bits per heavy atom. The number of hydrogen-bond acceptors (Lipinski definition) is 6. The summed E-state index contributed by atoms with van der Waals surface area (Å²) in [7, 11) is 0. The van der Waals surface area contributed by atoms with Crippen molar-refractivity contribution in [3.63, 3.8) is 0 Å². The summed E-state index contributed by atoms with van der Waals surface area (Å²) in [6.45, 7) is 0. The predicted molar refractivity (Wildman–Crippen MR) is 73.5 cm³/mol. The van der Waals surface area contributed by atoms with Crippen LogP contribution in [0.15, 0.2) is 37.2 Å². The molecule has 2 heterocycles. The molecule has 0 N–H and O–H groups in total. The minimum absolute atomic E-state index is 0.209. The van der Waals surface area contributed by atoms with Crippen LogP contribution >= 0.6 is 0 Å². The van der Waals surface area contributed by atoms with Gasteiger partial charge >= 0.3 is 0 Å². The van der Waals surface area contributed by atoms with E-state index >= 15 is 0 Å². The molecule has 0 radical (unpaired) electrons. The molecule has 0 saturated heterocycles. The molecular formula is C14H15N5O. The van der Waals surface area contributed by atoms with Crippen LogP contribution in [0.5, 0.6) is 0 Å². The third kappa shape index (κ3) is 2.64. The van der Waals surface area contributed by atoms with Crippen molar-refractivity contribution in [2.24, 2.45) is 0 Å². The van der Waals surface area contributed by atoms with Crippen molar-refractivity contribution in [1.82, 2.24) is 19.9 Å². The van der Waals surface area contributed by atoms with Gasteiger partial charge < -0.3 is 4.90 Å². The van der Waals surface area contributed by atoms with Crippen LogP contribution < -0.4 is 4.90 Å². The fourth-order valence-electron chi connectivity index (χ4n) is 2.51. The highest BCUT2D eigenvalue weighted by Gasteiger charge is 2.27. The Kier molecular flexibility index (Phi) is 3.62. The Balaban J connectivity index is 1.94. The van der Waals surface area contributed by atoms with Crippen molar-refractivity contribution in [3.8, 4) is 0 Å². The number of rotatable bonds is 3. The van der Waals surface area contributed by atoms with Crippen molar-refractivity contribution >= 4 is 17.4 Å². The largest absolute Gasteiger partial charge is 0.305 e. The Labute approximate surface area is 116 Å². The highest BCUT2D eigenvalue weighted by Crippen LogP contribution is 2.29. The summed E-state index contributed by atoms with van der Waals surface area (Å²) >= 11 is 0. The molecule has 1 saturated carbocycles. The van der Waals surface area contributed by atoms with Crippen molar-refractivity contribution in [2.45, 2.75) is 31.7 Å². The third-order valence-electron chi connectivity index (χ3n) is 3.47. The molecule has 0 atom stereocenters. The molecule has 0 aromatic carbocycles. The minimum atomic E-state index is 0.209. The number of ketones is 1. The van der Waals surface area contributed by atoms with E-state index in [2.05, 4.69) is 19.9 Å². The first-order valence-corrected chi connectivity index (χ1v) is 6.67. The summed E-state index contributed by atoms with van der Waals surface area (Å²) in [4.78, 5) is 30.4. The van der Waals surface area contributed by atoms with Crippen LogP contribution in [-0.4, -0.2) is 31.8 Å². The van der Waals surface area contributed by atoms with Crippen LogP contribution in [0.25, 0.3) is 0 Å². The average Bonchev–Trinajstić information content (AvgIpc) is 2.52. The molecule has 1 fully saturated rings. The smallest absolute Gasteiger partial charge is 0.152 e. The fraction of sp³-hybridized carbons (Fsp3) is 0.357. The summed E-state index contributed by atoms with van der Waals surface area (Å²) in [6.07, 6.45) is 12.9. The number of hydrogen-bond donors (Lipinski definition) is 0. The van der Waals surface area contributed by atoms with Gasteiger partial charge in [-0.15, -0.1) is 0 Å². The van der Waals surface area contributed by atoms with Crippen LogP contribution in [0.3, 0.4) is 0 Å². The van der Waals surface area contributed by atoms with E-state index in [4.69, 9.17) is 0 Å². The van der Waals surface area contributed by atoms with Crippen molar-refractivity contribution in [2.75, 3.05) is 4.90 Å². The number of carbonyl (C=O) groups excluding carboxylic acids is 1. The number of carbonyl (C=O) groups is 1. The van der Waals surface area contributed by atoms with Gasteiger partial charge in [-0.1, -0.05) is 0 Å². The Hall–Kier alpha value is -2.37. The molecule has 1 aliphatic rings. The molecule has 3 rings (SSSR count). The Morgan fingerprint density at radius 3 is 1.90 bits per heavy atom. The van der Waals surface area contributed by atoms with Crippen LogP contribution in [0.4, 0.5) is 11.6 Å². The van der Waals surface area contributed by atoms with E-state index in [0.29, 0.717) is 18.6 Å². The predicted octanol–water partition coefficient (Wildman–Crippen LogP) is 1.92. The summed E-state index contributed by atoms with van der Waals surface area (Å²) in [6, 6.07) is 0.209. The van der Waals surface area contributed by atoms with Gasteiger partial charge in [0.25, 0.3) is 0 Å². The quantitative estimate of drug-likeness (QED) is 0.847. The first-order chi connectivity index (χ1) is 9.84. The molecule has 0 spiro atoms. The molecule has 2 aromatic heterocycles. The maximum atomic E-state index is 11.4. The van der Waals surface area contributed by atoms with E-state index in [1.807, 2.05) is 4.90 Å². The highest BCUT2D eigenvalue weighted by molar-refractivity contribution is 5.79. The lowest BCUT2D eigenvalue weighted by molar-refractivity contribution is -0.120. The van der Waals surface area contributed by atoms with Crippen LogP contribution in [0.1, 0.15) is 25.7 Å². The molecule has 0 unspecified atom stereocenters. The lowest BCUT2D eigenvalue weighted by Gasteiger charge is -2.33. The van der Waals surface area contributed by atoms with Gasteiger partial charge in [-0.3, -0.25) is 14.8 Å². The first-order valence-electron chi connectivity index (χ1n) is 6.67. The van der Waals surface area contributed by atoms with Crippen molar-refractivity contribution in [3.05, 3.63) is 37.2 Å². The van der Waals surface area contributed by atoms with Crippen LogP contribution in [0.2, 0.25) is 0 Å². The summed E-state index contributed by atoms with van der Waals surface area (Å²) < 4.78 is 0. The lowest BCUT2D eigenvalue weighted by atomic mass is 9.93. The maximum Gasteiger partial charge on any atom is 0.152 e. The second-order valence-electron chi connectivity index (χ2n) is 4.77. The number of anilines is 2. The van der Waals surface area contributed by atoms with Gasteiger partial charge in [-0.05, 0) is 12.8 Å². The summed E-state index contributed by atoms with van der Waals surface area (Å²) in [5.41, 5.74) is 0. The van der Waals surface area contributed by atoms with Crippen molar-refractivity contribution in [1.29, 1.82) is 0 Å². The first kappa shape index (κ1) is 12.7. The monoisotopic (exact) mass is 269 g/mol. The second-order valence-corrected chi connectivity index (χ2v) is 4.77. The van der Waals surface area contributed by atoms with Crippen molar-refractivity contribution < 1.29 is 4.79 Å². The van der Waals surface area contributed by atoms with Gasteiger partial charge in [0, 0.05) is 43.7 Å². The van der Waals surface area contributed by atoms with E-state index in [-0.39, 0.29) is 6.04 Å². The molecule has 1 aliphatic carbocycles. The fourth-order valence-corrected chi connectivity index (χ4v) is 2.51. The summed E-state index contributed by atoms with van der Waals surface area (Å²) in [5.74, 6) is 1.82. The normalized spacial score (nSPS) is 16.1. The number of Topliss-reactive ketones (excluding diaryl/α,β-unsaturated/α-hetero) is 1. The van der Waals surface area contributed by atoms with Gasteiger partial charge in [0.05, 0.1) is 12.4 Å². The SMILES string of the molecule is O=C1CCC(N(c2cnccn2)c2cnccn2)CC1. The standard InChI is InChI=1S/C14H15N5O/c20-12-3-1-11(2-4-12)19(13-9-15-5-7-17-13)14-10-16-6-8-18-14/h5-11H,1-4H2. The number of nitrogens with zero attached hydrogens (tertiary/aromatic N) is 5. The van der Waals surface area contributed by atoms with Gasteiger partial charge in [0.15, 0.2) is 11.6 Å². The summed E-state index contributed by atoms with van der Waals surface area (Å²) in [5, 5.41) is 0. The molecule has 0 amide bonds. The van der Waals surface area contributed by atoms with Gasteiger partial charge in [-0.2, -0.15) is 0 Å². The van der Waals surface area contributed by atoms with Crippen LogP contribution in [0, 0.1) is 0 Å². The van der Waals surface area contributed by atoms with E-state index in [0.717, 1.165) is 24.5 Å². The van der Waals surface area contributed by atoms with E-state index in [1.54, 1.807) is 37.2 Å². The van der Waals surface area contributed by atoms with E-state index in [9.17, 15) is 4.79 Å². The zero-order valence-corrected chi connectivity index (χ0v) is 11.0. The van der Waals surface area contributed by atoms with Gasteiger partial charge in [0.2, 0.25) is 0 Å². The highest BCUT2D eigenvalue weighted by atomic mass is 16.1. The number of aromatic nitrogens is 4. The van der Waals surface area contributed by atoms with Gasteiger partial charge in [0.1, 0.15) is 5.78 Å². The molecule has 6 heteroatoms. The zero-order valence-electron chi connectivity index (χ0n) is 11.0. The average molecular weight is 269 g/mol. The zero-order chi connectivity index (χ0) is 13.8.